The second-order valence-corrected chi connectivity index (χ2v) is 8.21. The molecule has 0 aliphatic heterocycles. The van der Waals surface area contributed by atoms with Crippen LogP contribution in [0, 0.1) is 28.1 Å². The first-order valence-corrected chi connectivity index (χ1v) is 9.78. The Morgan fingerprint density at radius 1 is 1.13 bits per heavy atom. The molecule has 2 amide bonds. The summed E-state index contributed by atoms with van der Waals surface area (Å²) in [5, 5.41) is 18.7. The van der Waals surface area contributed by atoms with Crippen LogP contribution in [0.25, 0.3) is 0 Å². The molecule has 2 bridgehead atoms. The number of methoxy groups -OCH3 is 1. The normalized spacial score (nSPS) is 22.0. The zero-order chi connectivity index (χ0) is 22.4. The Bertz CT molecular complexity index is 1190. The number of fused-ring (bicyclic) bond motifs is 5. The number of nitrogens with one attached hydrogen (secondary N) is 2. The van der Waals surface area contributed by atoms with Gasteiger partial charge in [0, 0.05) is 5.92 Å². The van der Waals surface area contributed by atoms with Crippen molar-refractivity contribution in [3.63, 3.8) is 0 Å². The molecule has 1 saturated carbocycles. The van der Waals surface area contributed by atoms with Gasteiger partial charge in [-0.05, 0) is 30.4 Å². The fourth-order valence-corrected chi connectivity index (χ4v) is 5.04. The van der Waals surface area contributed by atoms with E-state index >= 15 is 0 Å². The van der Waals surface area contributed by atoms with E-state index in [1.807, 2.05) is 26.0 Å². The molecule has 1 aromatic heterocycles. The third-order valence-electron chi connectivity index (χ3n) is 6.68. The molecule has 2 aliphatic rings. The first-order valence-electron chi connectivity index (χ1n) is 9.78. The van der Waals surface area contributed by atoms with E-state index in [9.17, 15) is 20.1 Å². The van der Waals surface area contributed by atoms with Crippen molar-refractivity contribution in [3.05, 3.63) is 52.6 Å². The molecular formula is C22H20N6O3. The second kappa shape index (κ2) is 7.06. The fourth-order valence-electron chi connectivity index (χ4n) is 5.04. The van der Waals surface area contributed by atoms with Gasteiger partial charge in [0.15, 0.2) is 11.4 Å². The minimum absolute atomic E-state index is 0.0374. The molecule has 1 fully saturated rings. The van der Waals surface area contributed by atoms with E-state index in [0.717, 1.165) is 0 Å². The molecule has 2 aliphatic carbocycles. The zero-order valence-corrected chi connectivity index (χ0v) is 17.3. The molecule has 9 heteroatoms. The average molecular weight is 416 g/mol. The van der Waals surface area contributed by atoms with Crippen LogP contribution in [-0.2, 0) is 10.2 Å². The number of nitrogens with zero attached hydrogens (tertiary/aromatic N) is 4. The van der Waals surface area contributed by atoms with Crippen LogP contribution in [0.15, 0.2) is 24.3 Å². The van der Waals surface area contributed by atoms with Crippen LogP contribution in [0.2, 0.25) is 0 Å². The average Bonchev–Trinajstić information content (AvgIpc) is 3.17. The van der Waals surface area contributed by atoms with Gasteiger partial charge in [-0.1, -0.05) is 26.0 Å². The molecule has 2 aromatic rings. The van der Waals surface area contributed by atoms with Gasteiger partial charge in [-0.3, -0.25) is 20.4 Å². The summed E-state index contributed by atoms with van der Waals surface area (Å²) < 4.78 is 5.20. The van der Waals surface area contributed by atoms with E-state index < -0.39 is 22.6 Å². The number of rotatable bonds is 3. The van der Waals surface area contributed by atoms with E-state index in [1.165, 1.54) is 7.11 Å². The Morgan fingerprint density at radius 2 is 1.81 bits per heavy atom. The fraction of sp³-hybridized carbons (Fsp3) is 0.364. The Balaban J connectivity index is 1.68. The number of nitriles is 2. The minimum atomic E-state index is -1.08. The lowest BCUT2D eigenvalue weighted by Gasteiger charge is -2.36. The summed E-state index contributed by atoms with van der Waals surface area (Å²) in [5.74, 6) is -0.639. The van der Waals surface area contributed by atoms with Crippen LogP contribution in [0.3, 0.4) is 0 Å². The standard InChI is InChI=1S/C22H20N6O3/c1-21(2)13-8-9-22(21,18-17(13)25-14(10-23)15(11-24)26-18)20(30)28-27-19(29)12-6-4-5-7-16(12)31-3/h4-7,13H,8-9H2,1-3H3,(H,27,29)(H,28,30). The number of carbonyl (C=O) groups excluding carboxylic acids is 2. The van der Waals surface area contributed by atoms with Crippen molar-refractivity contribution < 1.29 is 14.3 Å². The summed E-state index contributed by atoms with van der Waals surface area (Å²) in [6.45, 7) is 3.90. The van der Waals surface area contributed by atoms with Crippen LogP contribution in [-0.4, -0.2) is 28.9 Å². The maximum Gasteiger partial charge on any atom is 0.273 e. The zero-order valence-electron chi connectivity index (χ0n) is 17.3. The van der Waals surface area contributed by atoms with Crippen molar-refractivity contribution >= 4 is 11.8 Å². The minimum Gasteiger partial charge on any atom is -0.496 e. The van der Waals surface area contributed by atoms with Crippen LogP contribution in [0.5, 0.6) is 5.75 Å². The third kappa shape index (κ3) is 2.67. The number of hydrazine groups is 1. The molecule has 0 saturated heterocycles. The van der Waals surface area contributed by atoms with E-state index in [2.05, 4.69) is 20.8 Å². The molecule has 31 heavy (non-hydrogen) atoms. The van der Waals surface area contributed by atoms with Gasteiger partial charge in [-0.25, -0.2) is 9.97 Å². The highest BCUT2D eigenvalue weighted by Crippen LogP contribution is 2.67. The Hall–Kier alpha value is -3.98. The number of amides is 2. The highest BCUT2D eigenvalue weighted by molar-refractivity contribution is 5.99. The SMILES string of the molecule is COc1ccccc1C(=O)NNC(=O)C12CCC(c3nc(C#N)c(C#N)nc31)C2(C)C. The number of benzene rings is 1. The number of hydrogen-bond acceptors (Lipinski definition) is 7. The number of aromatic nitrogens is 2. The molecule has 4 rings (SSSR count). The van der Waals surface area contributed by atoms with Crippen molar-refractivity contribution in [1.29, 1.82) is 10.5 Å². The second-order valence-electron chi connectivity index (χ2n) is 8.21. The maximum atomic E-state index is 13.5. The first kappa shape index (κ1) is 20.3. The van der Waals surface area contributed by atoms with Gasteiger partial charge in [0.25, 0.3) is 11.8 Å². The van der Waals surface area contributed by atoms with Gasteiger partial charge in [0.2, 0.25) is 0 Å². The Morgan fingerprint density at radius 3 is 2.48 bits per heavy atom. The lowest BCUT2D eigenvalue weighted by molar-refractivity contribution is -0.130. The first-order chi connectivity index (χ1) is 14.8. The molecule has 0 radical (unpaired) electrons. The van der Waals surface area contributed by atoms with Crippen molar-refractivity contribution in [2.75, 3.05) is 7.11 Å². The van der Waals surface area contributed by atoms with Gasteiger partial charge in [0.05, 0.1) is 24.1 Å². The van der Waals surface area contributed by atoms with Gasteiger partial charge >= 0.3 is 0 Å². The Kier molecular flexibility index (Phi) is 4.63. The van der Waals surface area contributed by atoms with Gasteiger partial charge < -0.3 is 4.74 Å². The molecule has 1 heterocycles. The summed E-state index contributed by atoms with van der Waals surface area (Å²) >= 11 is 0. The largest absolute Gasteiger partial charge is 0.496 e. The Labute approximate surface area is 179 Å². The number of hydrogen-bond donors (Lipinski definition) is 2. The maximum absolute atomic E-state index is 13.5. The lowest BCUT2D eigenvalue weighted by atomic mass is 9.68. The van der Waals surface area contributed by atoms with Crippen LogP contribution < -0.4 is 15.6 Å². The summed E-state index contributed by atoms with van der Waals surface area (Å²) in [5.41, 5.74) is 4.51. The molecule has 0 spiro atoms. The van der Waals surface area contributed by atoms with Gasteiger partial charge in [-0.15, -0.1) is 0 Å². The van der Waals surface area contributed by atoms with Gasteiger partial charge in [0.1, 0.15) is 23.3 Å². The van der Waals surface area contributed by atoms with Crippen molar-refractivity contribution in [2.45, 2.75) is 38.0 Å². The monoisotopic (exact) mass is 416 g/mol. The van der Waals surface area contributed by atoms with Crippen LogP contribution in [0.1, 0.15) is 65.7 Å². The highest BCUT2D eigenvalue weighted by atomic mass is 16.5. The molecular weight excluding hydrogens is 396 g/mol. The summed E-state index contributed by atoms with van der Waals surface area (Å²) in [4.78, 5) is 34.9. The topological polar surface area (TPSA) is 141 Å². The highest BCUT2D eigenvalue weighted by Gasteiger charge is 2.68. The molecule has 2 atom stereocenters. The van der Waals surface area contributed by atoms with Crippen LogP contribution >= 0.6 is 0 Å². The van der Waals surface area contributed by atoms with E-state index in [0.29, 0.717) is 30.0 Å². The predicted octanol–water partition coefficient (Wildman–Crippen LogP) is 1.84. The smallest absolute Gasteiger partial charge is 0.273 e. The number of para-hydroxylation sites is 1. The quantitative estimate of drug-likeness (QED) is 0.727. The van der Waals surface area contributed by atoms with Gasteiger partial charge in [-0.2, -0.15) is 10.5 Å². The summed E-state index contributed by atoms with van der Waals surface area (Å²) in [7, 11) is 1.46. The van der Waals surface area contributed by atoms with E-state index in [-0.39, 0.29) is 22.9 Å². The molecule has 2 unspecified atom stereocenters. The lowest BCUT2D eigenvalue weighted by Crippen LogP contribution is -2.55. The third-order valence-corrected chi connectivity index (χ3v) is 6.68. The van der Waals surface area contributed by atoms with Crippen LogP contribution in [0.4, 0.5) is 0 Å². The van der Waals surface area contributed by atoms with E-state index in [4.69, 9.17) is 4.74 Å². The van der Waals surface area contributed by atoms with Crippen molar-refractivity contribution in [3.8, 4) is 17.9 Å². The predicted molar refractivity (Wildman–Crippen MR) is 107 cm³/mol. The number of ether oxygens (including phenoxy) is 1. The summed E-state index contributed by atoms with van der Waals surface area (Å²) in [6.07, 6.45) is 1.19. The summed E-state index contributed by atoms with van der Waals surface area (Å²) in [6, 6.07) is 10.5. The molecule has 9 nitrogen and oxygen atoms in total. The van der Waals surface area contributed by atoms with Crippen molar-refractivity contribution in [2.24, 2.45) is 5.41 Å². The van der Waals surface area contributed by atoms with Crippen molar-refractivity contribution in [1.82, 2.24) is 20.8 Å². The van der Waals surface area contributed by atoms with E-state index in [1.54, 1.807) is 24.3 Å². The number of carbonyl (C=O) groups is 2. The molecule has 156 valence electrons. The molecule has 2 N–H and O–H groups in total. The molecule has 1 aromatic carbocycles.